The van der Waals surface area contributed by atoms with Crippen LogP contribution < -0.4 is 0 Å². The van der Waals surface area contributed by atoms with Crippen molar-refractivity contribution >= 4 is 64.8 Å². The minimum atomic E-state index is -1.22. The second-order valence-corrected chi connectivity index (χ2v) is 58.2. The minimum Gasteiger partial charge on any atom is -0.0709 e. The summed E-state index contributed by atoms with van der Waals surface area (Å²) in [6, 6.07) is 0. The number of hydrogen-bond acceptors (Lipinski definition) is 1. The molecule has 0 aliphatic heterocycles. The molecule has 0 aromatic heterocycles. The molecular formula is C23H56GeSSi5. The van der Waals surface area contributed by atoms with Gasteiger partial charge in [0.25, 0.3) is 0 Å². The van der Waals surface area contributed by atoms with Crippen molar-refractivity contribution in [2.45, 2.75) is 142 Å². The van der Waals surface area contributed by atoms with Gasteiger partial charge in [-0.2, -0.15) is 0 Å². The van der Waals surface area contributed by atoms with Crippen molar-refractivity contribution in [2.75, 3.05) is 5.38 Å². The smallest absolute Gasteiger partial charge is 0.0470 e. The Kier molecular flexibility index (Phi) is 13.2. The van der Waals surface area contributed by atoms with E-state index < -0.39 is 15.2 Å². The van der Waals surface area contributed by atoms with E-state index in [0.717, 1.165) is 0 Å². The summed E-state index contributed by atoms with van der Waals surface area (Å²) in [5.41, 5.74) is 0. The Bertz CT molecular complexity index is 544. The van der Waals surface area contributed by atoms with Crippen LogP contribution in [0.25, 0.3) is 0 Å². The molecular weight excluding hydrogens is 521 g/mol. The Hall–Kier alpha value is 1.98. The van der Waals surface area contributed by atoms with E-state index >= 15 is 0 Å². The van der Waals surface area contributed by atoms with Crippen LogP contribution in [0.3, 0.4) is 0 Å². The summed E-state index contributed by atoms with van der Waals surface area (Å²) < 4.78 is 0.411. The van der Waals surface area contributed by atoms with Crippen LogP contribution in [0.2, 0.25) is 54.4 Å². The van der Waals surface area contributed by atoms with E-state index in [1.165, 1.54) is 5.38 Å². The largest absolute Gasteiger partial charge is 0.0709 e. The molecule has 0 bridgehead atoms. The van der Waals surface area contributed by atoms with Crippen LogP contribution in [-0.2, 0) is 0 Å². The van der Waals surface area contributed by atoms with E-state index in [9.17, 15) is 0 Å². The van der Waals surface area contributed by atoms with Gasteiger partial charge in [0.05, 0.1) is 0 Å². The second-order valence-electron chi connectivity index (χ2n) is 14.3. The van der Waals surface area contributed by atoms with Crippen LogP contribution in [0.4, 0.5) is 0 Å². The molecule has 0 amide bonds. The molecule has 0 aliphatic rings. The van der Waals surface area contributed by atoms with Gasteiger partial charge in [0, 0.05) is 8.80 Å². The molecule has 4 radical (unpaired) electrons. The number of thioether (sulfide) groups is 1. The molecule has 0 nitrogen and oxygen atoms in total. The Morgan fingerprint density at radius 1 is 0.667 bits per heavy atom. The molecule has 0 saturated carbocycles. The fourth-order valence-corrected chi connectivity index (χ4v) is 91.2. The fourth-order valence-electron chi connectivity index (χ4n) is 2.06. The predicted octanol–water partition coefficient (Wildman–Crippen LogP) is 8.51. The van der Waals surface area contributed by atoms with Crippen LogP contribution >= 0.6 is 11.8 Å². The van der Waals surface area contributed by atoms with Crippen molar-refractivity contribution in [2.24, 2.45) is 0 Å². The summed E-state index contributed by atoms with van der Waals surface area (Å²) in [5, 5.41) is 3.17. The zero-order chi connectivity index (χ0) is 25.1. The Morgan fingerprint density at radius 2 is 0.967 bits per heavy atom. The molecule has 0 unspecified atom stereocenters. The van der Waals surface area contributed by atoms with Crippen LogP contribution in [0.5, 0.6) is 0 Å². The molecule has 0 aromatic rings. The second kappa shape index (κ2) is 11.6. The van der Waals surface area contributed by atoms with Gasteiger partial charge in [-0.3, -0.25) is 0 Å². The van der Waals surface area contributed by atoms with Crippen molar-refractivity contribution < 1.29 is 0 Å². The topological polar surface area (TPSA) is 0 Å². The minimum absolute atomic E-state index is 0.0502. The van der Waals surface area contributed by atoms with Gasteiger partial charge in [0.1, 0.15) is 0 Å². The average Bonchev–Trinajstić information content (AvgIpc) is 2.42. The van der Waals surface area contributed by atoms with E-state index in [1.54, 1.807) is 0 Å². The molecule has 0 N–H and O–H groups in total. The summed E-state index contributed by atoms with van der Waals surface area (Å²) in [4.78, 5) is 0. The third-order valence-corrected chi connectivity index (χ3v) is 81.9. The van der Waals surface area contributed by atoms with Gasteiger partial charge < -0.3 is 0 Å². The molecule has 0 rings (SSSR count). The number of hydrogen-bond donors (Lipinski definition) is 0. The Labute approximate surface area is 211 Å². The van der Waals surface area contributed by atoms with Crippen LogP contribution in [0, 0.1) is 0 Å². The monoisotopic (exact) mass is 578 g/mol. The van der Waals surface area contributed by atoms with Crippen LogP contribution in [0.15, 0.2) is 0 Å². The molecule has 0 aliphatic carbocycles. The van der Waals surface area contributed by atoms with Gasteiger partial charge >= 0.3 is 165 Å². The summed E-state index contributed by atoms with van der Waals surface area (Å²) in [7, 11) is -2.73. The van der Waals surface area contributed by atoms with E-state index in [-0.39, 0.29) is 22.5 Å². The van der Waals surface area contributed by atoms with Gasteiger partial charge in [-0.25, -0.2) is 0 Å². The van der Waals surface area contributed by atoms with Gasteiger partial charge in [-0.1, -0.05) is 33.9 Å². The van der Waals surface area contributed by atoms with Crippen molar-refractivity contribution in [3.8, 4) is 0 Å². The van der Waals surface area contributed by atoms with Crippen molar-refractivity contribution in [3.05, 3.63) is 0 Å². The Balaban J connectivity index is 0. The maximum atomic E-state index is 2.75. The molecule has 0 spiro atoms. The first-order valence-corrected chi connectivity index (χ1v) is 30.4. The maximum Gasteiger partial charge on any atom is 0.0470 e. The van der Waals surface area contributed by atoms with E-state index in [0.29, 0.717) is 19.9 Å². The zero-order valence-electron chi connectivity index (χ0n) is 24.1. The van der Waals surface area contributed by atoms with Gasteiger partial charge in [0.15, 0.2) is 0 Å². The standard InChI is InChI=1S/C17H41GeSSi4.C6H15Si/c1-15(2,3)19-14-20(22(10,11)16(4,5)6)21(18)23(12,13)17(7,8)9;1-6(2,3)7(4)5/h14H2,1-13H3;1-5H3. The van der Waals surface area contributed by atoms with E-state index in [1.807, 2.05) is 0 Å². The van der Waals surface area contributed by atoms with Gasteiger partial charge in [0.2, 0.25) is 0 Å². The number of rotatable bonds is 5. The third-order valence-electron chi connectivity index (χ3n) is 7.58. The SMILES string of the molecule is CC(C)(C)SC[Si]([Si](=[Ge])[Si](C)(C)C(C)(C)C)[Si](C)(C)C(C)(C)C.C[Si](C)C(C)(C)C. The predicted molar refractivity (Wildman–Crippen MR) is 161 cm³/mol. The maximum absolute atomic E-state index is 2.75. The fraction of sp³-hybridized carbons (Fsp3) is 1.00. The van der Waals surface area contributed by atoms with Gasteiger partial charge in [-0.05, 0) is 5.04 Å². The first kappa shape index (κ1) is 34.1. The summed E-state index contributed by atoms with van der Waals surface area (Å²) in [5.74, 6) is -0.241. The van der Waals surface area contributed by atoms with Crippen LogP contribution in [0.1, 0.15) is 83.1 Å². The van der Waals surface area contributed by atoms with E-state index in [2.05, 4.69) is 150 Å². The molecule has 0 aromatic carbocycles. The summed E-state index contributed by atoms with van der Waals surface area (Å²) in [6.45, 7) is 44.9. The molecule has 30 heavy (non-hydrogen) atoms. The molecule has 7 heteroatoms. The zero-order valence-corrected chi connectivity index (χ0v) is 32.0. The molecule has 0 saturated heterocycles. The Morgan fingerprint density at radius 3 is 1.17 bits per heavy atom. The summed E-state index contributed by atoms with van der Waals surface area (Å²) in [6.07, 6.45) is 0. The third kappa shape index (κ3) is 10.9. The normalized spacial score (nSPS) is 14.7. The first-order valence-electron chi connectivity index (χ1n) is 11.6. The molecule has 0 atom stereocenters. The molecule has 178 valence electrons. The van der Waals surface area contributed by atoms with Gasteiger partial charge in [-0.15, -0.1) is 0 Å². The van der Waals surface area contributed by atoms with Crippen LogP contribution in [-0.4, -0.2) is 63.2 Å². The molecule has 0 fully saturated rings. The van der Waals surface area contributed by atoms with Crippen molar-refractivity contribution in [1.29, 1.82) is 0 Å². The quantitative estimate of drug-likeness (QED) is 0.295. The summed E-state index contributed by atoms with van der Waals surface area (Å²) >= 11 is 5.02. The van der Waals surface area contributed by atoms with Crippen molar-refractivity contribution in [3.63, 3.8) is 0 Å². The average molecular weight is 578 g/mol. The van der Waals surface area contributed by atoms with Crippen molar-refractivity contribution in [1.82, 2.24) is 0 Å². The molecule has 0 heterocycles. The first-order chi connectivity index (χ1) is 12.7. The van der Waals surface area contributed by atoms with E-state index in [4.69, 9.17) is 0 Å².